The van der Waals surface area contributed by atoms with E-state index in [1.807, 2.05) is 0 Å². The number of sulfone groups is 1. The second-order valence-electron chi connectivity index (χ2n) is 5.22. The van der Waals surface area contributed by atoms with Crippen molar-refractivity contribution >= 4 is 9.84 Å². The van der Waals surface area contributed by atoms with Crippen molar-refractivity contribution in [3.8, 4) is 0 Å². The van der Waals surface area contributed by atoms with Gasteiger partial charge in [-0.05, 0) is 31.5 Å². The Morgan fingerprint density at radius 2 is 2.00 bits per heavy atom. The summed E-state index contributed by atoms with van der Waals surface area (Å²) < 4.78 is 35.3. The van der Waals surface area contributed by atoms with E-state index in [9.17, 15) is 17.9 Å². The molecule has 0 aliphatic heterocycles. The van der Waals surface area contributed by atoms with Gasteiger partial charge in [0.1, 0.15) is 5.82 Å². The number of hydrogen-bond acceptors (Lipinski definition) is 4. The summed E-state index contributed by atoms with van der Waals surface area (Å²) in [5.41, 5.74) is 6.11. The lowest BCUT2D eigenvalue weighted by molar-refractivity contribution is 0.110. The van der Waals surface area contributed by atoms with Gasteiger partial charge in [-0.2, -0.15) is 0 Å². The Hall–Kier alpha value is -0.980. The first-order chi connectivity index (χ1) is 8.61. The third-order valence-electron chi connectivity index (χ3n) is 3.58. The van der Waals surface area contributed by atoms with Crippen molar-refractivity contribution < 1.29 is 17.9 Å². The maximum Gasteiger partial charge on any atom is 0.155 e. The van der Waals surface area contributed by atoms with E-state index in [1.54, 1.807) is 6.07 Å². The molecule has 0 saturated carbocycles. The summed E-state index contributed by atoms with van der Waals surface area (Å²) in [6.07, 6.45) is -0.149. The summed E-state index contributed by atoms with van der Waals surface area (Å²) >= 11 is 0. The largest absolute Gasteiger partial charge is 0.391 e. The summed E-state index contributed by atoms with van der Waals surface area (Å²) in [5.74, 6) is -1.08. The molecule has 2 atom stereocenters. The molecule has 0 aromatic heterocycles. The molecule has 0 saturated heterocycles. The first-order valence-electron chi connectivity index (χ1n) is 5.94. The van der Waals surface area contributed by atoms with Gasteiger partial charge in [-0.3, -0.25) is 0 Å². The van der Waals surface area contributed by atoms with Gasteiger partial charge in [0, 0.05) is 18.7 Å². The molecule has 108 valence electrons. The second kappa shape index (κ2) is 5.56. The molecule has 6 heteroatoms. The number of aliphatic hydroxyl groups is 1. The second-order valence-corrected chi connectivity index (χ2v) is 7.81. The molecule has 0 fully saturated rings. The first kappa shape index (κ1) is 16.1. The molecule has 0 aliphatic rings. The van der Waals surface area contributed by atoms with E-state index in [0.717, 1.165) is 6.26 Å². The highest BCUT2D eigenvalue weighted by atomic mass is 32.2. The molecule has 0 heterocycles. The Labute approximate surface area is 113 Å². The molecule has 0 spiro atoms. The fraction of sp³-hybridized carbons (Fsp3) is 0.538. The summed E-state index contributed by atoms with van der Waals surface area (Å²) in [6, 6.07) is 5.68. The number of nitrogens with two attached hydrogens (primary N) is 1. The van der Waals surface area contributed by atoms with Gasteiger partial charge < -0.3 is 10.8 Å². The van der Waals surface area contributed by atoms with Crippen LogP contribution in [0.3, 0.4) is 0 Å². The van der Waals surface area contributed by atoms with Crippen LogP contribution in [0.25, 0.3) is 0 Å². The fourth-order valence-electron chi connectivity index (χ4n) is 1.89. The van der Waals surface area contributed by atoms with Crippen molar-refractivity contribution in [3.05, 3.63) is 35.6 Å². The summed E-state index contributed by atoms with van der Waals surface area (Å²) in [6.45, 7) is 2.91. The van der Waals surface area contributed by atoms with Crippen molar-refractivity contribution in [3.63, 3.8) is 0 Å². The Kier molecular flexibility index (Phi) is 4.71. The van der Waals surface area contributed by atoms with E-state index in [4.69, 9.17) is 5.73 Å². The molecular weight excluding hydrogens is 269 g/mol. The van der Waals surface area contributed by atoms with Gasteiger partial charge in [0.25, 0.3) is 0 Å². The van der Waals surface area contributed by atoms with Crippen LogP contribution < -0.4 is 5.73 Å². The number of halogens is 1. The smallest absolute Gasteiger partial charge is 0.155 e. The molecule has 0 bridgehead atoms. The zero-order chi connectivity index (χ0) is 14.8. The van der Waals surface area contributed by atoms with Crippen LogP contribution >= 0.6 is 0 Å². The van der Waals surface area contributed by atoms with Gasteiger partial charge >= 0.3 is 0 Å². The van der Waals surface area contributed by atoms with E-state index in [0.29, 0.717) is 5.56 Å². The van der Waals surface area contributed by atoms with Crippen LogP contribution in [-0.4, -0.2) is 37.2 Å². The van der Waals surface area contributed by atoms with Crippen molar-refractivity contribution in [2.75, 3.05) is 12.8 Å². The van der Waals surface area contributed by atoms with E-state index < -0.39 is 32.4 Å². The lowest BCUT2D eigenvalue weighted by Gasteiger charge is -2.34. The number of rotatable bonds is 5. The zero-order valence-electron chi connectivity index (χ0n) is 11.3. The molecule has 1 rings (SSSR count). The fourth-order valence-corrected chi connectivity index (χ4v) is 2.49. The molecule has 3 N–H and O–H groups in total. The minimum Gasteiger partial charge on any atom is -0.391 e. The third kappa shape index (κ3) is 3.32. The highest BCUT2D eigenvalue weighted by Gasteiger charge is 2.42. The molecule has 0 aliphatic carbocycles. The minimum absolute atomic E-state index is 0.0313. The van der Waals surface area contributed by atoms with Gasteiger partial charge in [-0.25, -0.2) is 12.8 Å². The Morgan fingerprint density at radius 1 is 1.42 bits per heavy atom. The van der Waals surface area contributed by atoms with Crippen molar-refractivity contribution in [1.82, 2.24) is 0 Å². The van der Waals surface area contributed by atoms with Crippen LogP contribution in [0.1, 0.15) is 25.3 Å². The topological polar surface area (TPSA) is 80.4 Å². The lowest BCUT2D eigenvalue weighted by atomic mass is 9.87. The first-order valence-corrected chi connectivity index (χ1v) is 7.83. The standard InChI is InChI=1S/C13H20FNO3S/c1-13(2,19(3,17)18)12(16)11(8-15)9-5-4-6-10(14)7-9/h4-7,11-12,16H,8,15H2,1-3H3. The SMILES string of the molecule is CC(C)(C(O)C(CN)c1cccc(F)c1)S(C)(=O)=O. The van der Waals surface area contributed by atoms with E-state index in [1.165, 1.54) is 32.0 Å². The van der Waals surface area contributed by atoms with E-state index in [-0.39, 0.29) is 6.54 Å². The van der Waals surface area contributed by atoms with Crippen LogP contribution in [0.2, 0.25) is 0 Å². The number of aliphatic hydroxyl groups excluding tert-OH is 1. The maximum atomic E-state index is 13.2. The molecule has 19 heavy (non-hydrogen) atoms. The molecule has 2 unspecified atom stereocenters. The normalized spacial score (nSPS) is 16.1. The van der Waals surface area contributed by atoms with Gasteiger partial charge in [-0.15, -0.1) is 0 Å². The summed E-state index contributed by atoms with van der Waals surface area (Å²) in [7, 11) is -3.47. The van der Waals surface area contributed by atoms with Crippen LogP contribution in [0.15, 0.2) is 24.3 Å². The molecule has 0 amide bonds. The average molecular weight is 289 g/mol. The zero-order valence-corrected chi connectivity index (χ0v) is 12.1. The number of hydrogen-bond donors (Lipinski definition) is 2. The lowest BCUT2D eigenvalue weighted by Crippen LogP contribution is -2.48. The average Bonchev–Trinajstić information content (AvgIpc) is 2.28. The van der Waals surface area contributed by atoms with Crippen LogP contribution in [0.4, 0.5) is 4.39 Å². The van der Waals surface area contributed by atoms with Crippen molar-refractivity contribution in [1.29, 1.82) is 0 Å². The van der Waals surface area contributed by atoms with Crippen LogP contribution in [-0.2, 0) is 9.84 Å². The number of benzene rings is 1. The molecular formula is C13H20FNO3S. The highest BCUT2D eigenvalue weighted by Crippen LogP contribution is 2.31. The van der Waals surface area contributed by atoms with Gasteiger partial charge in [0.05, 0.1) is 10.9 Å². The third-order valence-corrected chi connectivity index (χ3v) is 5.73. The van der Waals surface area contributed by atoms with Crippen LogP contribution in [0, 0.1) is 5.82 Å². The molecule has 1 aromatic carbocycles. The van der Waals surface area contributed by atoms with Gasteiger partial charge in [0.15, 0.2) is 9.84 Å². The minimum atomic E-state index is -3.47. The molecule has 1 aromatic rings. The van der Waals surface area contributed by atoms with Crippen molar-refractivity contribution in [2.24, 2.45) is 5.73 Å². The van der Waals surface area contributed by atoms with E-state index in [2.05, 4.69) is 0 Å². The quantitative estimate of drug-likeness (QED) is 0.849. The Balaban J connectivity index is 3.18. The maximum absolute atomic E-state index is 13.2. The monoisotopic (exact) mass is 289 g/mol. The van der Waals surface area contributed by atoms with E-state index >= 15 is 0 Å². The van der Waals surface area contributed by atoms with Gasteiger partial charge in [0.2, 0.25) is 0 Å². The Bertz CT molecular complexity index is 543. The predicted octanol–water partition coefficient (Wildman–Crippen LogP) is 1.05. The predicted molar refractivity (Wildman–Crippen MR) is 73.1 cm³/mol. The molecule has 4 nitrogen and oxygen atoms in total. The molecule has 0 radical (unpaired) electrons. The van der Waals surface area contributed by atoms with Crippen molar-refractivity contribution in [2.45, 2.75) is 30.6 Å². The van der Waals surface area contributed by atoms with Crippen LogP contribution in [0.5, 0.6) is 0 Å². The summed E-state index contributed by atoms with van der Waals surface area (Å²) in [4.78, 5) is 0. The van der Waals surface area contributed by atoms with Gasteiger partial charge in [-0.1, -0.05) is 12.1 Å². The Morgan fingerprint density at radius 3 is 2.42 bits per heavy atom. The highest BCUT2D eigenvalue weighted by molar-refractivity contribution is 7.92. The summed E-state index contributed by atoms with van der Waals surface area (Å²) in [5, 5.41) is 10.3.